The van der Waals surface area contributed by atoms with Gasteiger partial charge < -0.3 is 10.2 Å². The standard InChI is InChI=1S/C12H16F3N3O2/c1-2-10-17-3-7(20-10)4-18-5-8(11(16)19)9(6-18)12(13,14)15/h3,8-9H,2,4-6H2,1H3,(H2,16,19)/t8-,9-/m0/s1. The minimum atomic E-state index is -4.43. The van der Waals surface area contributed by atoms with E-state index in [0.29, 0.717) is 18.1 Å². The number of rotatable bonds is 4. The summed E-state index contributed by atoms with van der Waals surface area (Å²) in [7, 11) is 0. The topological polar surface area (TPSA) is 72.4 Å². The average molecular weight is 291 g/mol. The molecule has 1 saturated heterocycles. The van der Waals surface area contributed by atoms with Crippen molar-refractivity contribution in [1.82, 2.24) is 9.88 Å². The van der Waals surface area contributed by atoms with E-state index in [4.69, 9.17) is 10.2 Å². The van der Waals surface area contributed by atoms with Crippen LogP contribution < -0.4 is 5.73 Å². The molecule has 2 atom stereocenters. The Morgan fingerprint density at radius 1 is 1.55 bits per heavy atom. The van der Waals surface area contributed by atoms with Crippen molar-refractivity contribution in [3.63, 3.8) is 0 Å². The Hall–Kier alpha value is -1.57. The van der Waals surface area contributed by atoms with Gasteiger partial charge in [0.05, 0.1) is 24.6 Å². The molecule has 2 N–H and O–H groups in total. The first-order chi connectivity index (χ1) is 9.31. The predicted molar refractivity (Wildman–Crippen MR) is 63.4 cm³/mol. The van der Waals surface area contributed by atoms with Crippen molar-refractivity contribution in [3.05, 3.63) is 17.8 Å². The summed E-state index contributed by atoms with van der Waals surface area (Å²) in [5, 5.41) is 0. The summed E-state index contributed by atoms with van der Waals surface area (Å²) in [5.74, 6) is -2.80. The highest BCUT2D eigenvalue weighted by atomic mass is 19.4. The van der Waals surface area contributed by atoms with E-state index in [9.17, 15) is 18.0 Å². The van der Waals surface area contributed by atoms with Crippen LogP contribution in [0.15, 0.2) is 10.6 Å². The quantitative estimate of drug-likeness (QED) is 0.908. The lowest BCUT2D eigenvalue weighted by atomic mass is 9.95. The number of amides is 1. The van der Waals surface area contributed by atoms with Crippen LogP contribution in [0.2, 0.25) is 0 Å². The van der Waals surface area contributed by atoms with Gasteiger partial charge in [0, 0.05) is 19.5 Å². The lowest BCUT2D eigenvalue weighted by Gasteiger charge is -2.18. The zero-order valence-electron chi connectivity index (χ0n) is 11.0. The maximum Gasteiger partial charge on any atom is 0.393 e. The number of alkyl halides is 3. The highest BCUT2D eigenvalue weighted by molar-refractivity contribution is 5.77. The molecule has 8 heteroatoms. The van der Waals surface area contributed by atoms with Crippen LogP contribution in [0.1, 0.15) is 18.6 Å². The Kier molecular flexibility index (Phi) is 4.03. The third kappa shape index (κ3) is 3.12. The molecule has 5 nitrogen and oxygen atoms in total. The summed E-state index contributed by atoms with van der Waals surface area (Å²) in [6.07, 6.45) is -2.31. The van der Waals surface area contributed by atoms with E-state index in [1.54, 1.807) is 0 Å². The number of likely N-dealkylation sites (tertiary alicyclic amines) is 1. The second-order valence-electron chi connectivity index (χ2n) is 4.92. The first-order valence-corrected chi connectivity index (χ1v) is 6.33. The fraction of sp³-hybridized carbons (Fsp3) is 0.667. The normalized spacial score (nSPS) is 24.2. The van der Waals surface area contributed by atoms with E-state index in [2.05, 4.69) is 4.98 Å². The number of nitrogens with zero attached hydrogens (tertiary/aromatic N) is 2. The van der Waals surface area contributed by atoms with Crippen molar-refractivity contribution in [2.24, 2.45) is 17.6 Å². The number of nitrogens with two attached hydrogens (primary N) is 1. The molecule has 0 aliphatic carbocycles. The second kappa shape index (κ2) is 5.43. The van der Waals surface area contributed by atoms with Gasteiger partial charge in [-0.15, -0.1) is 0 Å². The number of hydrogen-bond donors (Lipinski definition) is 1. The van der Waals surface area contributed by atoms with Crippen LogP contribution in [-0.4, -0.2) is 35.1 Å². The van der Waals surface area contributed by atoms with E-state index in [-0.39, 0.29) is 19.6 Å². The fourth-order valence-electron chi connectivity index (χ4n) is 2.44. The van der Waals surface area contributed by atoms with Crippen molar-refractivity contribution >= 4 is 5.91 Å². The van der Waals surface area contributed by atoms with Gasteiger partial charge in [-0.1, -0.05) is 6.92 Å². The largest absolute Gasteiger partial charge is 0.444 e. The van der Waals surface area contributed by atoms with E-state index in [0.717, 1.165) is 0 Å². The Balaban J connectivity index is 2.06. The highest BCUT2D eigenvalue weighted by Gasteiger charge is 2.51. The summed E-state index contributed by atoms with van der Waals surface area (Å²) in [6.45, 7) is 1.80. The number of carbonyl (C=O) groups is 1. The zero-order chi connectivity index (χ0) is 14.9. The van der Waals surface area contributed by atoms with Gasteiger partial charge in [0.25, 0.3) is 0 Å². The molecule has 0 unspecified atom stereocenters. The van der Waals surface area contributed by atoms with Gasteiger partial charge >= 0.3 is 6.18 Å². The van der Waals surface area contributed by atoms with Crippen molar-refractivity contribution in [2.45, 2.75) is 26.1 Å². The molecule has 1 aliphatic heterocycles. The van der Waals surface area contributed by atoms with E-state index in [1.165, 1.54) is 11.1 Å². The molecule has 2 rings (SSSR count). The average Bonchev–Trinajstić information content (AvgIpc) is 2.95. The number of oxazole rings is 1. The molecule has 20 heavy (non-hydrogen) atoms. The van der Waals surface area contributed by atoms with Crippen LogP contribution in [-0.2, 0) is 17.8 Å². The van der Waals surface area contributed by atoms with Crippen molar-refractivity contribution < 1.29 is 22.4 Å². The van der Waals surface area contributed by atoms with Crippen LogP contribution >= 0.6 is 0 Å². The monoisotopic (exact) mass is 291 g/mol. The number of primary amides is 1. The second-order valence-corrected chi connectivity index (χ2v) is 4.92. The third-order valence-electron chi connectivity index (χ3n) is 3.46. The zero-order valence-corrected chi connectivity index (χ0v) is 11.0. The molecule has 1 aromatic heterocycles. The molecule has 0 aromatic carbocycles. The number of hydrogen-bond acceptors (Lipinski definition) is 4. The van der Waals surface area contributed by atoms with Crippen LogP contribution in [0.5, 0.6) is 0 Å². The molecule has 0 saturated carbocycles. The van der Waals surface area contributed by atoms with Crippen LogP contribution in [0.25, 0.3) is 0 Å². The molecule has 1 aromatic rings. The van der Waals surface area contributed by atoms with E-state index < -0.39 is 23.9 Å². The smallest absolute Gasteiger partial charge is 0.393 e. The Labute approximate surface area is 113 Å². The van der Waals surface area contributed by atoms with Crippen molar-refractivity contribution in [3.8, 4) is 0 Å². The lowest BCUT2D eigenvalue weighted by Crippen LogP contribution is -2.37. The number of aryl methyl sites for hydroxylation is 1. The van der Waals surface area contributed by atoms with Gasteiger partial charge in [-0.05, 0) is 0 Å². The summed E-state index contributed by atoms with van der Waals surface area (Å²) >= 11 is 0. The third-order valence-corrected chi connectivity index (χ3v) is 3.46. The summed E-state index contributed by atoms with van der Waals surface area (Å²) < 4.78 is 44.0. The molecule has 0 radical (unpaired) electrons. The van der Waals surface area contributed by atoms with Gasteiger partial charge in [0.15, 0.2) is 5.89 Å². The fourth-order valence-corrected chi connectivity index (χ4v) is 2.44. The predicted octanol–water partition coefficient (Wildman–Crippen LogP) is 1.33. The summed E-state index contributed by atoms with van der Waals surface area (Å²) in [5.41, 5.74) is 5.06. The first kappa shape index (κ1) is 14.8. The van der Waals surface area contributed by atoms with Gasteiger partial charge in [-0.3, -0.25) is 9.69 Å². The van der Waals surface area contributed by atoms with Crippen molar-refractivity contribution in [2.75, 3.05) is 13.1 Å². The lowest BCUT2D eigenvalue weighted by molar-refractivity contribution is -0.182. The Morgan fingerprint density at radius 2 is 2.25 bits per heavy atom. The number of aromatic nitrogens is 1. The molecule has 0 spiro atoms. The molecule has 1 fully saturated rings. The van der Waals surface area contributed by atoms with Crippen LogP contribution in [0.3, 0.4) is 0 Å². The molecule has 0 bridgehead atoms. The first-order valence-electron chi connectivity index (χ1n) is 6.33. The molecular weight excluding hydrogens is 275 g/mol. The van der Waals surface area contributed by atoms with Gasteiger partial charge in [-0.2, -0.15) is 13.2 Å². The highest BCUT2D eigenvalue weighted by Crippen LogP contribution is 2.37. The summed E-state index contributed by atoms with van der Waals surface area (Å²) in [4.78, 5) is 16.7. The van der Waals surface area contributed by atoms with E-state index >= 15 is 0 Å². The molecule has 1 amide bonds. The maximum absolute atomic E-state index is 12.9. The summed E-state index contributed by atoms with van der Waals surface area (Å²) in [6, 6.07) is 0. The van der Waals surface area contributed by atoms with Gasteiger partial charge in [0.1, 0.15) is 5.76 Å². The molecule has 112 valence electrons. The molecule has 2 heterocycles. The van der Waals surface area contributed by atoms with Gasteiger partial charge in [-0.25, -0.2) is 4.98 Å². The van der Waals surface area contributed by atoms with Crippen molar-refractivity contribution in [1.29, 1.82) is 0 Å². The number of halogens is 3. The number of carbonyl (C=O) groups excluding carboxylic acids is 1. The molecular formula is C12H16F3N3O2. The minimum absolute atomic E-state index is 0.0122. The van der Waals surface area contributed by atoms with Gasteiger partial charge in [0.2, 0.25) is 5.91 Å². The van der Waals surface area contributed by atoms with Crippen LogP contribution in [0, 0.1) is 11.8 Å². The SMILES string of the molecule is CCc1ncc(CN2C[C@H](C(N)=O)[C@@H](C(F)(F)F)C2)o1. The Bertz CT molecular complexity index is 487. The maximum atomic E-state index is 12.9. The Morgan fingerprint density at radius 3 is 2.70 bits per heavy atom. The minimum Gasteiger partial charge on any atom is -0.444 e. The van der Waals surface area contributed by atoms with Crippen LogP contribution in [0.4, 0.5) is 13.2 Å². The van der Waals surface area contributed by atoms with E-state index in [1.807, 2.05) is 6.92 Å². The molecule has 1 aliphatic rings.